The van der Waals surface area contributed by atoms with Gasteiger partial charge < -0.3 is 10.6 Å². The van der Waals surface area contributed by atoms with Crippen LogP contribution in [0.1, 0.15) is 12.8 Å². The third-order valence-corrected chi connectivity index (χ3v) is 3.21. The zero-order valence-corrected chi connectivity index (χ0v) is 10.9. The molecule has 2 rings (SSSR count). The number of para-hydroxylation sites is 2. The molecule has 0 unspecified atom stereocenters. The molecule has 1 heterocycles. The van der Waals surface area contributed by atoms with E-state index in [1.807, 2.05) is 0 Å². The minimum Gasteiger partial charge on any atom is -0.397 e. The summed E-state index contributed by atoms with van der Waals surface area (Å²) in [6.07, 6.45) is -5.12. The normalized spacial score (nSPS) is 16.1. The number of hydrogen-bond donors (Lipinski definition) is 1. The number of alkyl halides is 3. The minimum absolute atomic E-state index is 0.0760. The molecule has 110 valence electrons. The van der Waals surface area contributed by atoms with Crippen LogP contribution in [0.3, 0.4) is 0 Å². The molecule has 0 radical (unpaired) electrons. The van der Waals surface area contributed by atoms with Gasteiger partial charge in [-0.2, -0.15) is 13.2 Å². The molecule has 1 aliphatic rings. The van der Waals surface area contributed by atoms with Gasteiger partial charge in [0.2, 0.25) is 0 Å². The molecule has 0 atom stereocenters. The summed E-state index contributed by atoms with van der Waals surface area (Å²) in [5.41, 5.74) is 6.90. The van der Waals surface area contributed by atoms with Crippen molar-refractivity contribution in [2.24, 2.45) is 0 Å². The first kappa shape index (κ1) is 14.5. The van der Waals surface area contributed by atoms with Gasteiger partial charge in [-0.3, -0.25) is 4.90 Å². The zero-order chi connectivity index (χ0) is 14.8. The molecule has 1 fully saturated rings. The van der Waals surface area contributed by atoms with Gasteiger partial charge in [0, 0.05) is 26.1 Å². The van der Waals surface area contributed by atoms with E-state index in [2.05, 4.69) is 0 Å². The molecule has 1 aliphatic heterocycles. The third-order valence-electron chi connectivity index (χ3n) is 3.21. The Balaban J connectivity index is 1.95. The predicted molar refractivity (Wildman–Crippen MR) is 70.5 cm³/mol. The number of nitrogen functional groups attached to an aromatic ring is 1. The summed E-state index contributed by atoms with van der Waals surface area (Å²) < 4.78 is 36.3. The molecule has 0 spiro atoms. The van der Waals surface area contributed by atoms with Crippen LogP contribution in [-0.2, 0) is 0 Å². The first-order chi connectivity index (χ1) is 9.38. The van der Waals surface area contributed by atoms with E-state index in [1.165, 1.54) is 9.80 Å². The molecule has 20 heavy (non-hydrogen) atoms. The standard InChI is InChI=1S/C13H16F3N3O/c14-13(15,16)6-3-7-18-8-9-19(12(18)20)11-5-2-1-4-10(11)17/h1-2,4-5H,3,6-9,17H2. The molecule has 2 N–H and O–H groups in total. The molecule has 0 aliphatic carbocycles. The summed E-state index contributed by atoms with van der Waals surface area (Å²) in [4.78, 5) is 15.1. The van der Waals surface area contributed by atoms with Crippen LogP contribution in [0.5, 0.6) is 0 Å². The third kappa shape index (κ3) is 3.34. The number of carbonyl (C=O) groups is 1. The smallest absolute Gasteiger partial charge is 0.389 e. The topological polar surface area (TPSA) is 49.6 Å². The Bertz CT molecular complexity index is 490. The van der Waals surface area contributed by atoms with Crippen molar-refractivity contribution in [3.05, 3.63) is 24.3 Å². The van der Waals surface area contributed by atoms with Gasteiger partial charge >= 0.3 is 12.2 Å². The fourth-order valence-electron chi connectivity index (χ4n) is 2.22. The summed E-state index contributed by atoms with van der Waals surface area (Å²) in [5.74, 6) is 0. The van der Waals surface area contributed by atoms with E-state index in [9.17, 15) is 18.0 Å². The minimum atomic E-state index is -4.17. The Morgan fingerprint density at radius 1 is 1.20 bits per heavy atom. The molecular weight excluding hydrogens is 271 g/mol. The fourth-order valence-corrected chi connectivity index (χ4v) is 2.22. The van der Waals surface area contributed by atoms with Crippen molar-refractivity contribution in [2.45, 2.75) is 19.0 Å². The second kappa shape index (κ2) is 5.60. The van der Waals surface area contributed by atoms with E-state index in [-0.39, 0.29) is 19.0 Å². The molecule has 1 saturated heterocycles. The SMILES string of the molecule is Nc1ccccc1N1CCN(CCCC(F)(F)F)C1=O. The Morgan fingerprint density at radius 3 is 2.55 bits per heavy atom. The molecule has 2 amide bonds. The largest absolute Gasteiger partial charge is 0.397 e. The van der Waals surface area contributed by atoms with Crippen molar-refractivity contribution in [3.8, 4) is 0 Å². The Labute approximate surface area is 114 Å². The van der Waals surface area contributed by atoms with Gasteiger partial charge in [0.25, 0.3) is 0 Å². The maximum absolute atomic E-state index is 12.1. The molecule has 7 heteroatoms. The lowest BCUT2D eigenvalue weighted by Gasteiger charge is -2.20. The summed E-state index contributed by atoms with van der Waals surface area (Å²) in [6.45, 7) is 0.978. The van der Waals surface area contributed by atoms with Crippen LogP contribution >= 0.6 is 0 Å². The fraction of sp³-hybridized carbons (Fsp3) is 0.462. The second-order valence-electron chi connectivity index (χ2n) is 4.70. The summed E-state index contributed by atoms with van der Waals surface area (Å²) >= 11 is 0. The summed E-state index contributed by atoms with van der Waals surface area (Å²) in [7, 11) is 0. The first-order valence-corrected chi connectivity index (χ1v) is 6.36. The number of anilines is 2. The summed E-state index contributed by atoms with van der Waals surface area (Å²) in [6, 6.07) is 6.66. The monoisotopic (exact) mass is 287 g/mol. The lowest BCUT2D eigenvalue weighted by Crippen LogP contribution is -2.33. The predicted octanol–water partition coefficient (Wildman–Crippen LogP) is 2.85. The van der Waals surface area contributed by atoms with Crippen molar-refractivity contribution < 1.29 is 18.0 Å². The van der Waals surface area contributed by atoms with Gasteiger partial charge in [0.1, 0.15) is 0 Å². The Morgan fingerprint density at radius 2 is 1.90 bits per heavy atom. The number of halogens is 3. The highest BCUT2D eigenvalue weighted by Gasteiger charge is 2.32. The highest BCUT2D eigenvalue weighted by atomic mass is 19.4. The molecule has 0 aromatic heterocycles. The molecule has 1 aromatic rings. The Hall–Kier alpha value is -1.92. The van der Waals surface area contributed by atoms with Crippen LogP contribution in [0.25, 0.3) is 0 Å². The molecular formula is C13H16F3N3O. The number of hydrogen-bond acceptors (Lipinski definition) is 2. The van der Waals surface area contributed by atoms with Crippen LogP contribution in [-0.4, -0.2) is 36.7 Å². The zero-order valence-electron chi connectivity index (χ0n) is 10.9. The van der Waals surface area contributed by atoms with Crippen LogP contribution in [0.15, 0.2) is 24.3 Å². The molecule has 0 saturated carbocycles. The average molecular weight is 287 g/mol. The first-order valence-electron chi connectivity index (χ1n) is 6.36. The lowest BCUT2D eigenvalue weighted by molar-refractivity contribution is -0.135. The number of nitrogens with two attached hydrogens (primary N) is 1. The van der Waals surface area contributed by atoms with Crippen molar-refractivity contribution in [1.82, 2.24) is 4.90 Å². The average Bonchev–Trinajstić information content (AvgIpc) is 2.70. The van der Waals surface area contributed by atoms with Crippen LogP contribution < -0.4 is 10.6 Å². The number of amides is 2. The maximum atomic E-state index is 12.1. The van der Waals surface area contributed by atoms with Gasteiger partial charge in [0.15, 0.2) is 0 Å². The van der Waals surface area contributed by atoms with Crippen molar-refractivity contribution in [1.29, 1.82) is 0 Å². The molecule has 4 nitrogen and oxygen atoms in total. The quantitative estimate of drug-likeness (QED) is 0.866. The van der Waals surface area contributed by atoms with Crippen LogP contribution in [0.4, 0.5) is 29.3 Å². The van der Waals surface area contributed by atoms with E-state index in [0.29, 0.717) is 24.5 Å². The van der Waals surface area contributed by atoms with E-state index in [0.717, 1.165) is 0 Å². The van der Waals surface area contributed by atoms with Gasteiger partial charge in [0.05, 0.1) is 11.4 Å². The number of rotatable bonds is 4. The Kier molecular flexibility index (Phi) is 4.06. The number of benzene rings is 1. The van der Waals surface area contributed by atoms with Gasteiger partial charge in [-0.05, 0) is 18.6 Å². The number of urea groups is 1. The van der Waals surface area contributed by atoms with E-state index in [4.69, 9.17) is 5.73 Å². The van der Waals surface area contributed by atoms with Gasteiger partial charge in [-0.1, -0.05) is 12.1 Å². The second-order valence-corrected chi connectivity index (χ2v) is 4.70. The van der Waals surface area contributed by atoms with E-state index in [1.54, 1.807) is 24.3 Å². The number of nitrogens with zero attached hydrogens (tertiary/aromatic N) is 2. The molecule has 1 aromatic carbocycles. The lowest BCUT2D eigenvalue weighted by atomic mass is 10.2. The van der Waals surface area contributed by atoms with Gasteiger partial charge in [-0.15, -0.1) is 0 Å². The highest BCUT2D eigenvalue weighted by molar-refractivity contribution is 5.97. The van der Waals surface area contributed by atoms with Gasteiger partial charge in [-0.25, -0.2) is 4.79 Å². The van der Waals surface area contributed by atoms with Crippen LogP contribution in [0.2, 0.25) is 0 Å². The summed E-state index contributed by atoms with van der Waals surface area (Å²) in [5, 5.41) is 0. The molecule has 0 bridgehead atoms. The van der Waals surface area contributed by atoms with E-state index < -0.39 is 12.6 Å². The van der Waals surface area contributed by atoms with Crippen molar-refractivity contribution >= 4 is 17.4 Å². The van der Waals surface area contributed by atoms with Crippen molar-refractivity contribution in [3.63, 3.8) is 0 Å². The van der Waals surface area contributed by atoms with Crippen LogP contribution in [0, 0.1) is 0 Å². The van der Waals surface area contributed by atoms with E-state index >= 15 is 0 Å². The highest BCUT2D eigenvalue weighted by Crippen LogP contribution is 2.27. The maximum Gasteiger partial charge on any atom is 0.389 e. The number of carbonyl (C=O) groups excluding carboxylic acids is 1. The van der Waals surface area contributed by atoms with Crippen molar-refractivity contribution in [2.75, 3.05) is 30.3 Å².